The molecule has 0 fully saturated rings. The molecular weight excluding hydrogens is 304 g/mol. The summed E-state index contributed by atoms with van der Waals surface area (Å²) in [4.78, 5) is 0. The van der Waals surface area contributed by atoms with Crippen LogP contribution in [0.25, 0.3) is 5.69 Å². The van der Waals surface area contributed by atoms with Crippen LogP contribution in [0.4, 0.5) is 0 Å². The number of benzene rings is 2. The highest BCUT2D eigenvalue weighted by molar-refractivity contribution is 7.98. The zero-order valence-electron chi connectivity index (χ0n) is 13.0. The Morgan fingerprint density at radius 3 is 2.78 bits per heavy atom. The van der Waals surface area contributed by atoms with Crippen LogP contribution in [0.5, 0.6) is 0 Å². The predicted molar refractivity (Wildman–Crippen MR) is 91.6 cm³/mol. The van der Waals surface area contributed by atoms with Gasteiger partial charge in [0.1, 0.15) is 6.33 Å². The first-order chi connectivity index (χ1) is 11.2. The first-order valence-electron chi connectivity index (χ1n) is 7.27. The molecule has 0 atom stereocenters. The van der Waals surface area contributed by atoms with Gasteiger partial charge in [-0.3, -0.25) is 4.57 Å². The van der Waals surface area contributed by atoms with Gasteiger partial charge in [0.15, 0.2) is 5.16 Å². The number of aromatic nitrogens is 3. The number of rotatable bonds is 4. The van der Waals surface area contributed by atoms with Crippen molar-refractivity contribution in [3.63, 3.8) is 0 Å². The van der Waals surface area contributed by atoms with Gasteiger partial charge >= 0.3 is 0 Å². The zero-order chi connectivity index (χ0) is 16.2. The maximum atomic E-state index is 9.18. The van der Waals surface area contributed by atoms with E-state index in [-0.39, 0.29) is 0 Å². The molecule has 1 aromatic heterocycles. The van der Waals surface area contributed by atoms with Gasteiger partial charge in [-0.15, -0.1) is 10.2 Å². The first kappa shape index (κ1) is 15.3. The van der Waals surface area contributed by atoms with Crippen molar-refractivity contribution in [2.24, 2.45) is 0 Å². The van der Waals surface area contributed by atoms with Gasteiger partial charge in [-0.1, -0.05) is 47.7 Å². The Labute approximate surface area is 139 Å². The average molecular weight is 320 g/mol. The van der Waals surface area contributed by atoms with E-state index in [2.05, 4.69) is 48.3 Å². The summed E-state index contributed by atoms with van der Waals surface area (Å²) < 4.78 is 1.99. The molecule has 0 aliphatic carbocycles. The van der Waals surface area contributed by atoms with Crippen LogP contribution in [0.3, 0.4) is 0 Å². The summed E-state index contributed by atoms with van der Waals surface area (Å²) in [5.74, 6) is 0.688. The molecule has 0 spiro atoms. The molecule has 0 aliphatic rings. The van der Waals surface area contributed by atoms with Crippen LogP contribution in [-0.2, 0) is 5.75 Å². The fourth-order valence-electron chi connectivity index (χ4n) is 2.46. The molecular formula is C18H16N4S. The number of hydrogen-bond acceptors (Lipinski definition) is 4. The molecule has 0 saturated heterocycles. The summed E-state index contributed by atoms with van der Waals surface area (Å²) in [7, 11) is 0. The average Bonchev–Trinajstić information content (AvgIpc) is 3.01. The van der Waals surface area contributed by atoms with E-state index in [4.69, 9.17) is 0 Å². The molecule has 114 valence electrons. The molecule has 23 heavy (non-hydrogen) atoms. The second kappa shape index (κ2) is 6.67. The van der Waals surface area contributed by atoms with Crippen LogP contribution < -0.4 is 0 Å². The second-order valence-corrected chi connectivity index (χ2v) is 6.27. The Kier molecular flexibility index (Phi) is 4.45. The minimum Gasteiger partial charge on any atom is -0.276 e. The van der Waals surface area contributed by atoms with Crippen LogP contribution in [0.15, 0.2) is 53.9 Å². The Morgan fingerprint density at radius 2 is 2.00 bits per heavy atom. The summed E-state index contributed by atoms with van der Waals surface area (Å²) in [5, 5.41) is 18.3. The molecule has 0 aliphatic heterocycles. The van der Waals surface area contributed by atoms with Crippen molar-refractivity contribution in [1.82, 2.24) is 14.8 Å². The molecule has 0 N–H and O–H groups in total. The number of thioether (sulfide) groups is 1. The lowest BCUT2D eigenvalue weighted by Gasteiger charge is -2.10. The van der Waals surface area contributed by atoms with E-state index >= 15 is 0 Å². The van der Waals surface area contributed by atoms with Crippen molar-refractivity contribution in [3.8, 4) is 11.8 Å². The summed E-state index contributed by atoms with van der Waals surface area (Å²) in [5.41, 5.74) is 5.21. The first-order valence-corrected chi connectivity index (χ1v) is 8.26. The Balaban J connectivity index is 1.86. The van der Waals surface area contributed by atoms with Gasteiger partial charge in [0.05, 0.1) is 17.3 Å². The van der Waals surface area contributed by atoms with Gasteiger partial charge < -0.3 is 0 Å². The van der Waals surface area contributed by atoms with Crippen LogP contribution in [0.1, 0.15) is 22.3 Å². The third-order valence-electron chi connectivity index (χ3n) is 3.62. The van der Waals surface area contributed by atoms with Gasteiger partial charge in [0.25, 0.3) is 0 Å². The molecule has 0 bridgehead atoms. The van der Waals surface area contributed by atoms with Crippen LogP contribution in [0, 0.1) is 25.2 Å². The van der Waals surface area contributed by atoms with Crippen LogP contribution >= 0.6 is 11.8 Å². The third-order valence-corrected chi connectivity index (χ3v) is 4.61. The maximum absolute atomic E-state index is 9.18. The highest BCUT2D eigenvalue weighted by atomic mass is 32.2. The third kappa shape index (κ3) is 3.27. The minimum atomic E-state index is 0.688. The number of nitriles is 1. The van der Waals surface area contributed by atoms with Gasteiger partial charge in [-0.2, -0.15) is 5.26 Å². The van der Waals surface area contributed by atoms with Crippen LogP contribution in [0.2, 0.25) is 0 Å². The normalized spacial score (nSPS) is 10.5. The molecule has 2 aromatic carbocycles. The van der Waals surface area contributed by atoms with Gasteiger partial charge in [-0.05, 0) is 37.1 Å². The fraction of sp³-hybridized carbons (Fsp3) is 0.167. The van der Waals surface area contributed by atoms with E-state index in [1.54, 1.807) is 18.1 Å². The summed E-state index contributed by atoms with van der Waals surface area (Å²) in [6.45, 7) is 4.17. The van der Waals surface area contributed by atoms with Crippen molar-refractivity contribution in [3.05, 3.63) is 71.0 Å². The van der Waals surface area contributed by atoms with Crippen molar-refractivity contribution >= 4 is 11.8 Å². The van der Waals surface area contributed by atoms with Crippen molar-refractivity contribution in [1.29, 1.82) is 5.26 Å². The number of hydrogen-bond donors (Lipinski definition) is 0. The molecule has 0 unspecified atom stereocenters. The van der Waals surface area contributed by atoms with Crippen molar-refractivity contribution in [2.75, 3.05) is 0 Å². The lowest BCUT2D eigenvalue weighted by atomic mass is 10.1. The Hall–Kier alpha value is -2.58. The van der Waals surface area contributed by atoms with Crippen molar-refractivity contribution in [2.45, 2.75) is 24.8 Å². The van der Waals surface area contributed by atoms with Gasteiger partial charge in [-0.25, -0.2) is 0 Å². The minimum absolute atomic E-state index is 0.688. The molecule has 1 heterocycles. The van der Waals surface area contributed by atoms with E-state index in [0.717, 1.165) is 16.4 Å². The summed E-state index contributed by atoms with van der Waals surface area (Å²) >= 11 is 1.58. The summed E-state index contributed by atoms with van der Waals surface area (Å²) in [6.07, 6.45) is 1.73. The molecule has 3 aromatic rings. The molecule has 5 heteroatoms. The highest BCUT2D eigenvalue weighted by Gasteiger charge is 2.10. The predicted octanol–water partition coefficient (Wildman–Crippen LogP) is 4.05. The maximum Gasteiger partial charge on any atom is 0.195 e. The lowest BCUT2D eigenvalue weighted by molar-refractivity contribution is 0.877. The SMILES string of the molecule is Cc1ccc(-n2cnnc2SCc2ccccc2C#N)c(C)c1. The smallest absolute Gasteiger partial charge is 0.195 e. The molecule has 0 saturated carbocycles. The van der Waals surface area contributed by atoms with Crippen molar-refractivity contribution < 1.29 is 0 Å². The zero-order valence-corrected chi connectivity index (χ0v) is 13.8. The second-order valence-electron chi connectivity index (χ2n) is 5.33. The standard InChI is InChI=1S/C18H16N4S/c1-13-7-8-17(14(2)9-13)22-12-20-21-18(22)23-11-16-6-4-3-5-15(16)10-19/h3-9,12H,11H2,1-2H3. The molecule has 3 rings (SSSR count). The number of aryl methyl sites for hydroxylation is 2. The lowest BCUT2D eigenvalue weighted by Crippen LogP contribution is -1.98. The Morgan fingerprint density at radius 1 is 1.17 bits per heavy atom. The molecule has 0 radical (unpaired) electrons. The van der Waals surface area contributed by atoms with E-state index in [1.807, 2.05) is 28.8 Å². The van der Waals surface area contributed by atoms with E-state index < -0.39 is 0 Å². The van der Waals surface area contributed by atoms with Gasteiger partial charge in [0.2, 0.25) is 0 Å². The van der Waals surface area contributed by atoms with E-state index in [1.165, 1.54) is 11.1 Å². The molecule has 0 amide bonds. The quantitative estimate of drug-likeness (QED) is 0.681. The van der Waals surface area contributed by atoms with E-state index in [0.29, 0.717) is 11.3 Å². The number of nitrogens with zero attached hydrogens (tertiary/aromatic N) is 4. The molecule has 4 nitrogen and oxygen atoms in total. The summed E-state index contributed by atoms with van der Waals surface area (Å²) in [6, 6.07) is 16.2. The monoisotopic (exact) mass is 320 g/mol. The van der Waals surface area contributed by atoms with Gasteiger partial charge in [0, 0.05) is 5.75 Å². The largest absolute Gasteiger partial charge is 0.276 e. The Bertz CT molecular complexity index is 877. The van der Waals surface area contributed by atoms with Crippen LogP contribution in [-0.4, -0.2) is 14.8 Å². The highest BCUT2D eigenvalue weighted by Crippen LogP contribution is 2.26. The topological polar surface area (TPSA) is 54.5 Å². The van der Waals surface area contributed by atoms with E-state index in [9.17, 15) is 5.26 Å². The fourth-order valence-corrected chi connectivity index (χ4v) is 3.39.